The highest BCUT2D eigenvalue weighted by molar-refractivity contribution is 8.25. The first kappa shape index (κ1) is 29.3. The van der Waals surface area contributed by atoms with Crippen molar-refractivity contribution in [1.29, 1.82) is 0 Å². The van der Waals surface area contributed by atoms with Crippen molar-refractivity contribution >= 4 is 57.8 Å². The third kappa shape index (κ3) is 6.37. The molecule has 0 saturated heterocycles. The van der Waals surface area contributed by atoms with Gasteiger partial charge in [-0.3, -0.25) is 20.2 Å². The van der Waals surface area contributed by atoms with E-state index in [-0.39, 0.29) is 23.5 Å². The molecule has 0 atom stereocenters. The molecule has 0 bridgehead atoms. The Bertz CT molecular complexity index is 1510. The summed E-state index contributed by atoms with van der Waals surface area (Å²) < 4.78 is 6.50. The number of esters is 1. The molecular formula is C30H30N2O6S3. The molecule has 0 saturated carbocycles. The summed E-state index contributed by atoms with van der Waals surface area (Å²) in [7, 11) is 0. The van der Waals surface area contributed by atoms with Gasteiger partial charge in [0.2, 0.25) is 0 Å². The second-order valence-electron chi connectivity index (χ2n) is 10.1. The summed E-state index contributed by atoms with van der Waals surface area (Å²) in [6, 6.07) is 7.26. The number of hydrogen-bond donors (Lipinski definition) is 0. The smallest absolute Gasteiger partial charge is 0.339 e. The van der Waals surface area contributed by atoms with Gasteiger partial charge in [-0.15, -0.1) is 0 Å². The van der Waals surface area contributed by atoms with E-state index in [1.54, 1.807) is 17.4 Å². The summed E-state index contributed by atoms with van der Waals surface area (Å²) in [5.41, 5.74) is 2.75. The Hall–Kier alpha value is -3.15. The summed E-state index contributed by atoms with van der Waals surface area (Å²) in [4.78, 5) is 38.2. The Kier molecular flexibility index (Phi) is 9.46. The molecule has 1 aromatic heterocycles. The fourth-order valence-corrected chi connectivity index (χ4v) is 8.97. The maximum Gasteiger partial charge on any atom is 0.339 e. The monoisotopic (exact) mass is 610 g/mol. The number of rotatable bonds is 13. The molecular weight excluding hydrogens is 581 g/mol. The number of nitro groups is 2. The van der Waals surface area contributed by atoms with Crippen molar-refractivity contribution in [3.63, 3.8) is 0 Å². The molecule has 1 aliphatic heterocycles. The van der Waals surface area contributed by atoms with Crippen LogP contribution in [0.1, 0.15) is 86.2 Å². The summed E-state index contributed by atoms with van der Waals surface area (Å²) in [5.74, 6) is -0.620. The molecule has 0 radical (unpaired) electrons. The van der Waals surface area contributed by atoms with Crippen molar-refractivity contribution in [2.75, 3.05) is 6.61 Å². The molecule has 2 aromatic carbocycles. The normalized spacial score (nSPS) is 13.2. The standard InChI is InChI=1S/C30H30N2O6S3/c1-2-3-4-5-6-7-8-9-10-13-38-29(33)24-16-20(32(36)37)15-23-27(24)21-12-11-19(31(34)35)14-22(21)28(23)30-40-25-17-39-18-26(25)41-30/h11-12,14-18H,2-10,13H2,1H3. The molecule has 0 amide bonds. The van der Waals surface area contributed by atoms with Crippen LogP contribution in [0.15, 0.2) is 55.1 Å². The zero-order valence-corrected chi connectivity index (χ0v) is 25.1. The molecule has 0 N–H and O–H groups in total. The minimum absolute atomic E-state index is 0.0826. The number of benzene rings is 2. The third-order valence-corrected chi connectivity index (χ3v) is 10.8. The highest BCUT2D eigenvalue weighted by atomic mass is 32.2. The number of unbranched alkanes of at least 4 members (excludes halogenated alkanes) is 8. The van der Waals surface area contributed by atoms with Crippen LogP contribution in [0.3, 0.4) is 0 Å². The summed E-state index contributed by atoms with van der Waals surface area (Å²) in [5, 5.41) is 27.7. The fraction of sp³-hybridized carbons (Fsp3) is 0.367. The molecule has 11 heteroatoms. The number of nitro benzene ring substituents is 2. The molecule has 5 rings (SSSR count). The van der Waals surface area contributed by atoms with Crippen molar-refractivity contribution in [2.24, 2.45) is 0 Å². The van der Waals surface area contributed by atoms with Gasteiger partial charge in [0.1, 0.15) is 0 Å². The molecule has 2 aliphatic rings. The van der Waals surface area contributed by atoms with Gasteiger partial charge in [0.05, 0.1) is 26.3 Å². The number of thiophene rings is 1. The zero-order valence-electron chi connectivity index (χ0n) is 22.7. The average molecular weight is 611 g/mol. The van der Waals surface area contributed by atoms with E-state index in [1.165, 1.54) is 86.3 Å². The molecule has 2 heterocycles. The quantitative estimate of drug-likeness (QED) is 0.0636. The number of thioether (sulfide) groups is 2. The van der Waals surface area contributed by atoms with E-state index in [2.05, 4.69) is 6.92 Å². The molecule has 8 nitrogen and oxygen atoms in total. The first-order valence-electron chi connectivity index (χ1n) is 13.8. The zero-order chi connectivity index (χ0) is 28.9. The van der Waals surface area contributed by atoms with E-state index in [9.17, 15) is 25.0 Å². The van der Waals surface area contributed by atoms with Crippen LogP contribution in [-0.2, 0) is 4.74 Å². The van der Waals surface area contributed by atoms with Crippen LogP contribution in [0.4, 0.5) is 11.4 Å². The lowest BCUT2D eigenvalue weighted by molar-refractivity contribution is -0.385. The lowest BCUT2D eigenvalue weighted by atomic mass is 9.98. The van der Waals surface area contributed by atoms with Gasteiger partial charge in [-0.2, -0.15) is 11.3 Å². The topological polar surface area (TPSA) is 113 Å². The van der Waals surface area contributed by atoms with Crippen LogP contribution in [0.2, 0.25) is 0 Å². The van der Waals surface area contributed by atoms with Crippen molar-refractivity contribution in [2.45, 2.75) is 74.5 Å². The fourth-order valence-electron chi connectivity index (χ4n) is 5.22. The molecule has 214 valence electrons. The van der Waals surface area contributed by atoms with Gasteiger partial charge in [-0.1, -0.05) is 81.8 Å². The molecule has 0 fully saturated rings. The highest BCUT2D eigenvalue weighted by Crippen LogP contribution is 2.60. The minimum Gasteiger partial charge on any atom is -0.462 e. The lowest BCUT2D eigenvalue weighted by Gasteiger charge is -2.11. The first-order valence-corrected chi connectivity index (χ1v) is 16.4. The molecule has 0 unspecified atom stereocenters. The number of carbonyl (C=O) groups excluding carboxylic acids is 1. The van der Waals surface area contributed by atoms with Gasteiger partial charge in [0, 0.05) is 56.0 Å². The van der Waals surface area contributed by atoms with E-state index in [0.29, 0.717) is 27.8 Å². The van der Waals surface area contributed by atoms with Crippen LogP contribution < -0.4 is 0 Å². The second kappa shape index (κ2) is 13.2. The summed E-state index contributed by atoms with van der Waals surface area (Å²) >= 11 is 4.66. The van der Waals surface area contributed by atoms with Crippen LogP contribution in [0, 0.1) is 20.2 Å². The van der Waals surface area contributed by atoms with Crippen molar-refractivity contribution < 1.29 is 19.4 Å². The minimum atomic E-state index is -0.620. The first-order chi connectivity index (χ1) is 19.9. The van der Waals surface area contributed by atoms with E-state index >= 15 is 0 Å². The SMILES string of the molecule is CCCCCCCCCCCOC(=O)c1cc([N+](=O)[O-])cc2c1-c1ccc([N+](=O)[O-])cc1C2=C1Sc2cscc2S1. The summed E-state index contributed by atoms with van der Waals surface area (Å²) in [6.07, 6.45) is 10.2. The molecule has 0 spiro atoms. The van der Waals surface area contributed by atoms with Crippen LogP contribution in [0.5, 0.6) is 0 Å². The van der Waals surface area contributed by atoms with Gasteiger partial charge in [0.15, 0.2) is 0 Å². The van der Waals surface area contributed by atoms with Crippen molar-refractivity contribution in [1.82, 2.24) is 0 Å². The average Bonchev–Trinajstić information content (AvgIpc) is 3.64. The Morgan fingerprint density at radius 2 is 1.39 bits per heavy atom. The van der Waals surface area contributed by atoms with E-state index in [1.807, 2.05) is 10.8 Å². The lowest BCUT2D eigenvalue weighted by Crippen LogP contribution is -2.09. The Morgan fingerprint density at radius 3 is 2.02 bits per heavy atom. The number of non-ortho nitro benzene ring substituents is 2. The van der Waals surface area contributed by atoms with Crippen molar-refractivity contribution in [3.8, 4) is 11.1 Å². The number of carbonyl (C=O) groups is 1. The second-order valence-corrected chi connectivity index (χ2v) is 13.2. The predicted molar refractivity (Wildman–Crippen MR) is 165 cm³/mol. The van der Waals surface area contributed by atoms with Gasteiger partial charge >= 0.3 is 5.97 Å². The number of hydrogen-bond acceptors (Lipinski definition) is 9. The Balaban J connectivity index is 1.42. The number of nitrogens with zero attached hydrogens (tertiary/aromatic N) is 2. The third-order valence-electron chi connectivity index (χ3n) is 7.26. The van der Waals surface area contributed by atoms with Gasteiger partial charge < -0.3 is 4.74 Å². The van der Waals surface area contributed by atoms with E-state index in [0.717, 1.165) is 33.3 Å². The Labute approximate surface area is 250 Å². The van der Waals surface area contributed by atoms with E-state index < -0.39 is 15.8 Å². The molecule has 3 aromatic rings. The molecule has 41 heavy (non-hydrogen) atoms. The maximum atomic E-state index is 13.4. The number of fused-ring (bicyclic) bond motifs is 4. The number of ether oxygens (including phenoxy) is 1. The van der Waals surface area contributed by atoms with Crippen LogP contribution >= 0.6 is 34.9 Å². The summed E-state index contributed by atoms with van der Waals surface area (Å²) in [6.45, 7) is 2.44. The van der Waals surface area contributed by atoms with Gasteiger partial charge in [-0.25, -0.2) is 4.79 Å². The highest BCUT2D eigenvalue weighted by Gasteiger charge is 2.36. The molecule has 1 aliphatic carbocycles. The van der Waals surface area contributed by atoms with Crippen LogP contribution in [-0.4, -0.2) is 22.4 Å². The van der Waals surface area contributed by atoms with Crippen molar-refractivity contribution in [3.05, 3.63) is 82.2 Å². The van der Waals surface area contributed by atoms with Gasteiger partial charge in [0.25, 0.3) is 11.4 Å². The van der Waals surface area contributed by atoms with E-state index in [4.69, 9.17) is 4.74 Å². The largest absolute Gasteiger partial charge is 0.462 e. The van der Waals surface area contributed by atoms with Crippen LogP contribution in [0.25, 0.3) is 16.7 Å². The van der Waals surface area contributed by atoms with Gasteiger partial charge in [-0.05, 0) is 29.2 Å². The Morgan fingerprint density at radius 1 is 0.780 bits per heavy atom. The maximum absolute atomic E-state index is 13.4. The predicted octanol–water partition coefficient (Wildman–Crippen LogP) is 9.85.